The van der Waals surface area contributed by atoms with Gasteiger partial charge in [0.05, 0.1) is 12.6 Å². The minimum absolute atomic E-state index is 0.344. The highest BCUT2D eigenvalue weighted by molar-refractivity contribution is 5.79. The maximum Gasteiger partial charge on any atom is 0.195 e. The normalized spacial score (nSPS) is 11.7. The van der Waals surface area contributed by atoms with Crippen LogP contribution in [0.4, 0.5) is 0 Å². The fraction of sp³-hybridized carbons (Fsp3) is 0.316. The van der Waals surface area contributed by atoms with Crippen LogP contribution in [0, 0.1) is 0 Å². The maximum absolute atomic E-state index is 10.4. The molecule has 23 heavy (non-hydrogen) atoms. The van der Waals surface area contributed by atoms with Crippen LogP contribution in [0.3, 0.4) is 0 Å². The zero-order valence-corrected chi connectivity index (χ0v) is 14.3. The SMILES string of the molecule is CN(C)C(=NCC(O)c1ccc(-c2ccccc2)cc1)N(C)C. The van der Waals surface area contributed by atoms with Gasteiger partial charge in [-0.15, -0.1) is 0 Å². The molecule has 0 amide bonds. The predicted molar refractivity (Wildman–Crippen MR) is 96.5 cm³/mol. The number of aliphatic imine (C=N–C) groups is 1. The number of nitrogens with zero attached hydrogens (tertiary/aromatic N) is 3. The van der Waals surface area contributed by atoms with Crippen molar-refractivity contribution in [1.29, 1.82) is 0 Å². The Balaban J connectivity index is 2.09. The van der Waals surface area contributed by atoms with Crippen molar-refractivity contribution in [2.24, 2.45) is 4.99 Å². The van der Waals surface area contributed by atoms with Gasteiger partial charge in [0, 0.05) is 28.2 Å². The van der Waals surface area contributed by atoms with E-state index in [2.05, 4.69) is 17.1 Å². The minimum Gasteiger partial charge on any atom is -0.386 e. The van der Waals surface area contributed by atoms with E-state index in [4.69, 9.17) is 0 Å². The molecule has 0 aromatic heterocycles. The van der Waals surface area contributed by atoms with Crippen LogP contribution in [0.1, 0.15) is 11.7 Å². The molecule has 0 aliphatic rings. The highest BCUT2D eigenvalue weighted by atomic mass is 16.3. The molecule has 0 saturated carbocycles. The number of benzene rings is 2. The summed E-state index contributed by atoms with van der Waals surface area (Å²) in [6, 6.07) is 18.2. The Kier molecular flexibility index (Phi) is 5.77. The first-order valence-corrected chi connectivity index (χ1v) is 7.71. The van der Waals surface area contributed by atoms with Crippen LogP contribution in [0.2, 0.25) is 0 Å². The van der Waals surface area contributed by atoms with E-state index in [-0.39, 0.29) is 0 Å². The molecule has 1 atom stereocenters. The largest absolute Gasteiger partial charge is 0.386 e. The first-order valence-electron chi connectivity index (χ1n) is 7.71. The summed E-state index contributed by atoms with van der Waals surface area (Å²) in [5, 5.41) is 10.4. The molecule has 2 rings (SSSR count). The third-order valence-electron chi connectivity index (χ3n) is 3.61. The molecule has 0 bridgehead atoms. The number of aliphatic hydroxyl groups is 1. The van der Waals surface area contributed by atoms with Gasteiger partial charge in [0.2, 0.25) is 0 Å². The second-order valence-corrected chi connectivity index (χ2v) is 5.93. The summed E-state index contributed by atoms with van der Waals surface area (Å²) < 4.78 is 0. The molecule has 0 fully saturated rings. The molecule has 1 unspecified atom stereocenters. The fourth-order valence-electron chi connectivity index (χ4n) is 2.48. The molecular formula is C19H25N3O. The topological polar surface area (TPSA) is 39.1 Å². The van der Waals surface area contributed by atoms with E-state index < -0.39 is 6.10 Å². The van der Waals surface area contributed by atoms with Crippen LogP contribution < -0.4 is 0 Å². The van der Waals surface area contributed by atoms with Crippen LogP contribution in [0.15, 0.2) is 59.6 Å². The van der Waals surface area contributed by atoms with Crippen molar-refractivity contribution in [3.05, 3.63) is 60.2 Å². The Hall–Kier alpha value is -2.33. The second kappa shape index (κ2) is 7.79. The van der Waals surface area contributed by atoms with E-state index in [0.717, 1.165) is 17.1 Å². The molecule has 0 saturated heterocycles. The maximum atomic E-state index is 10.4. The molecule has 0 heterocycles. The zero-order chi connectivity index (χ0) is 16.8. The number of guanidine groups is 1. The number of hydrogen-bond donors (Lipinski definition) is 1. The van der Waals surface area contributed by atoms with Gasteiger partial charge in [-0.3, -0.25) is 0 Å². The Morgan fingerprint density at radius 3 is 1.91 bits per heavy atom. The highest BCUT2D eigenvalue weighted by Crippen LogP contribution is 2.22. The molecule has 2 aromatic carbocycles. The van der Waals surface area contributed by atoms with Gasteiger partial charge >= 0.3 is 0 Å². The van der Waals surface area contributed by atoms with Crippen molar-refractivity contribution >= 4 is 5.96 Å². The summed E-state index contributed by atoms with van der Waals surface area (Å²) >= 11 is 0. The molecule has 2 aromatic rings. The van der Waals surface area contributed by atoms with Gasteiger partial charge in [0.1, 0.15) is 0 Å². The van der Waals surface area contributed by atoms with Crippen LogP contribution in [0.25, 0.3) is 11.1 Å². The molecule has 1 N–H and O–H groups in total. The molecule has 4 heteroatoms. The van der Waals surface area contributed by atoms with Crippen molar-refractivity contribution in [3.63, 3.8) is 0 Å². The average Bonchev–Trinajstić information content (AvgIpc) is 2.55. The van der Waals surface area contributed by atoms with Crippen molar-refractivity contribution in [2.75, 3.05) is 34.7 Å². The average molecular weight is 311 g/mol. The number of aliphatic hydroxyl groups excluding tert-OH is 1. The first-order chi connectivity index (χ1) is 11.0. The summed E-state index contributed by atoms with van der Waals surface area (Å²) in [5.41, 5.74) is 3.20. The Bertz CT molecular complexity index is 623. The monoisotopic (exact) mass is 311 g/mol. The molecule has 0 spiro atoms. The van der Waals surface area contributed by atoms with E-state index in [0.29, 0.717) is 6.54 Å². The van der Waals surface area contributed by atoms with Gasteiger partial charge in [-0.05, 0) is 16.7 Å². The Morgan fingerprint density at radius 2 is 1.39 bits per heavy atom. The van der Waals surface area contributed by atoms with Crippen molar-refractivity contribution in [2.45, 2.75) is 6.10 Å². The van der Waals surface area contributed by atoms with Crippen LogP contribution in [0.5, 0.6) is 0 Å². The molecule has 0 radical (unpaired) electrons. The smallest absolute Gasteiger partial charge is 0.195 e. The van der Waals surface area contributed by atoms with Gasteiger partial charge in [-0.1, -0.05) is 54.6 Å². The lowest BCUT2D eigenvalue weighted by molar-refractivity contribution is 0.186. The number of hydrogen-bond acceptors (Lipinski definition) is 2. The van der Waals surface area contributed by atoms with Gasteiger partial charge in [0.25, 0.3) is 0 Å². The van der Waals surface area contributed by atoms with Crippen molar-refractivity contribution in [1.82, 2.24) is 9.80 Å². The summed E-state index contributed by atoms with van der Waals surface area (Å²) in [4.78, 5) is 8.37. The van der Waals surface area contributed by atoms with E-state index in [1.807, 2.05) is 80.5 Å². The van der Waals surface area contributed by atoms with Crippen LogP contribution in [-0.2, 0) is 0 Å². The third kappa shape index (κ3) is 4.57. The lowest BCUT2D eigenvalue weighted by Crippen LogP contribution is -2.35. The lowest BCUT2D eigenvalue weighted by Gasteiger charge is -2.23. The molecule has 122 valence electrons. The van der Waals surface area contributed by atoms with E-state index >= 15 is 0 Å². The molecule has 0 aliphatic heterocycles. The van der Waals surface area contributed by atoms with Gasteiger partial charge in [0.15, 0.2) is 5.96 Å². The van der Waals surface area contributed by atoms with E-state index in [9.17, 15) is 5.11 Å². The third-order valence-corrected chi connectivity index (χ3v) is 3.61. The van der Waals surface area contributed by atoms with Crippen molar-refractivity contribution in [3.8, 4) is 11.1 Å². The zero-order valence-electron chi connectivity index (χ0n) is 14.3. The summed E-state index contributed by atoms with van der Waals surface area (Å²) in [5.74, 6) is 0.838. The van der Waals surface area contributed by atoms with Crippen LogP contribution in [-0.4, -0.2) is 55.6 Å². The predicted octanol–water partition coefficient (Wildman–Crippen LogP) is 2.87. The van der Waals surface area contributed by atoms with E-state index in [1.165, 1.54) is 5.56 Å². The quantitative estimate of drug-likeness (QED) is 0.697. The first kappa shape index (κ1) is 17.0. The summed E-state index contributed by atoms with van der Waals surface area (Å²) in [7, 11) is 7.78. The Morgan fingerprint density at radius 1 is 0.870 bits per heavy atom. The van der Waals surface area contributed by atoms with E-state index in [1.54, 1.807) is 0 Å². The standard InChI is InChI=1S/C19H25N3O/c1-21(2)19(22(3)4)20-14-18(23)17-12-10-16(11-13-17)15-8-6-5-7-9-15/h5-13,18,23H,14H2,1-4H3. The molecule has 0 aliphatic carbocycles. The van der Waals surface area contributed by atoms with Crippen LogP contribution >= 0.6 is 0 Å². The van der Waals surface area contributed by atoms with Crippen molar-refractivity contribution < 1.29 is 5.11 Å². The minimum atomic E-state index is -0.602. The highest BCUT2D eigenvalue weighted by Gasteiger charge is 2.10. The Labute approximate surface area is 138 Å². The summed E-state index contributed by atoms with van der Waals surface area (Å²) in [6.07, 6.45) is -0.602. The molecular weight excluding hydrogens is 286 g/mol. The number of rotatable bonds is 4. The van der Waals surface area contributed by atoms with Gasteiger partial charge < -0.3 is 14.9 Å². The van der Waals surface area contributed by atoms with Gasteiger partial charge in [-0.2, -0.15) is 0 Å². The molecule has 4 nitrogen and oxygen atoms in total. The fourth-order valence-corrected chi connectivity index (χ4v) is 2.48. The lowest BCUT2D eigenvalue weighted by atomic mass is 10.0. The second-order valence-electron chi connectivity index (χ2n) is 5.93. The summed E-state index contributed by atoms with van der Waals surface area (Å²) in [6.45, 7) is 0.344. The van der Waals surface area contributed by atoms with Gasteiger partial charge in [-0.25, -0.2) is 4.99 Å².